The molecule has 1 fully saturated rings. The van der Waals surface area contributed by atoms with E-state index in [-0.39, 0.29) is 5.97 Å². The van der Waals surface area contributed by atoms with Gasteiger partial charge in [-0.3, -0.25) is 9.69 Å². The molecule has 1 saturated heterocycles. The van der Waals surface area contributed by atoms with Gasteiger partial charge in [0.2, 0.25) is 0 Å². The molecule has 1 heterocycles. The van der Waals surface area contributed by atoms with Crippen LogP contribution in [-0.4, -0.2) is 36.7 Å². The van der Waals surface area contributed by atoms with Crippen molar-refractivity contribution in [2.24, 2.45) is 5.73 Å². The molecule has 1 aromatic rings. The largest absolute Gasteiger partial charge is 0.448 e. The molecule has 0 bridgehead atoms. The molecule has 104 valence electrons. The second-order valence-corrected chi connectivity index (χ2v) is 5.07. The lowest BCUT2D eigenvalue weighted by atomic mass is 10.1. The minimum Gasteiger partial charge on any atom is -0.448 e. The van der Waals surface area contributed by atoms with E-state index in [2.05, 4.69) is 4.90 Å². The number of piperidine rings is 1. The maximum atomic E-state index is 11.8. The molecule has 4 heteroatoms. The van der Waals surface area contributed by atoms with Crippen LogP contribution in [0, 0.1) is 0 Å². The van der Waals surface area contributed by atoms with Gasteiger partial charge >= 0.3 is 5.97 Å². The first kappa shape index (κ1) is 14.0. The highest BCUT2D eigenvalue weighted by atomic mass is 16.5. The lowest BCUT2D eigenvalue weighted by molar-refractivity contribution is -0.150. The summed E-state index contributed by atoms with van der Waals surface area (Å²) in [5.74, 6) is -0.311. The van der Waals surface area contributed by atoms with Gasteiger partial charge in [0.25, 0.3) is 0 Å². The molecule has 1 atom stereocenters. The van der Waals surface area contributed by atoms with Gasteiger partial charge in [0.15, 0.2) is 0 Å². The second-order valence-electron chi connectivity index (χ2n) is 5.07. The minimum atomic E-state index is -0.577. The van der Waals surface area contributed by atoms with Gasteiger partial charge in [0, 0.05) is 13.1 Å². The third-order valence-corrected chi connectivity index (χ3v) is 3.44. The van der Waals surface area contributed by atoms with Gasteiger partial charge < -0.3 is 10.5 Å². The first-order valence-corrected chi connectivity index (χ1v) is 6.94. The third-order valence-electron chi connectivity index (χ3n) is 3.44. The van der Waals surface area contributed by atoms with Crippen LogP contribution in [0.3, 0.4) is 0 Å². The van der Waals surface area contributed by atoms with Gasteiger partial charge in [-0.2, -0.15) is 0 Å². The average Bonchev–Trinajstić information content (AvgIpc) is 2.47. The predicted octanol–water partition coefficient (Wildman–Crippen LogP) is 1.54. The Morgan fingerprint density at radius 1 is 1.21 bits per heavy atom. The second kappa shape index (κ2) is 7.26. The van der Waals surface area contributed by atoms with E-state index in [4.69, 9.17) is 10.5 Å². The van der Waals surface area contributed by atoms with Crippen molar-refractivity contribution in [3.63, 3.8) is 0 Å². The maximum absolute atomic E-state index is 11.8. The van der Waals surface area contributed by atoms with Gasteiger partial charge in [-0.05, 0) is 24.8 Å². The van der Waals surface area contributed by atoms with Crippen LogP contribution >= 0.6 is 0 Å². The normalized spacial score (nSPS) is 17.9. The number of nitrogens with two attached hydrogens (primary N) is 1. The Morgan fingerprint density at radius 2 is 1.89 bits per heavy atom. The fourth-order valence-electron chi connectivity index (χ4n) is 2.30. The lowest BCUT2D eigenvalue weighted by Crippen LogP contribution is -2.39. The van der Waals surface area contributed by atoms with Crippen LogP contribution in [0.1, 0.15) is 24.8 Å². The van der Waals surface area contributed by atoms with E-state index in [1.807, 2.05) is 30.3 Å². The molecule has 4 nitrogen and oxygen atoms in total. The summed E-state index contributed by atoms with van der Waals surface area (Å²) in [6, 6.07) is 9.20. The van der Waals surface area contributed by atoms with Crippen LogP contribution in [0.2, 0.25) is 0 Å². The quantitative estimate of drug-likeness (QED) is 0.818. The molecule has 0 radical (unpaired) electrons. The number of carbonyl (C=O) groups excluding carboxylic acids is 1. The van der Waals surface area contributed by atoms with Crippen molar-refractivity contribution in [1.29, 1.82) is 0 Å². The Labute approximate surface area is 114 Å². The van der Waals surface area contributed by atoms with Gasteiger partial charge in [-0.25, -0.2) is 0 Å². The molecular weight excluding hydrogens is 240 g/mol. The number of benzene rings is 1. The predicted molar refractivity (Wildman–Crippen MR) is 74.5 cm³/mol. The highest BCUT2D eigenvalue weighted by Gasteiger charge is 2.17. The van der Waals surface area contributed by atoms with Crippen molar-refractivity contribution in [2.45, 2.75) is 31.7 Å². The molecule has 1 aliphatic heterocycles. The summed E-state index contributed by atoms with van der Waals surface area (Å²) in [6.07, 6.45) is 4.18. The highest BCUT2D eigenvalue weighted by Crippen LogP contribution is 2.09. The Bertz CT molecular complexity index is 388. The topological polar surface area (TPSA) is 55.6 Å². The Morgan fingerprint density at radius 3 is 2.58 bits per heavy atom. The van der Waals surface area contributed by atoms with Crippen molar-refractivity contribution < 1.29 is 9.53 Å². The van der Waals surface area contributed by atoms with Crippen LogP contribution in [-0.2, 0) is 16.0 Å². The minimum absolute atomic E-state index is 0.311. The highest BCUT2D eigenvalue weighted by molar-refractivity contribution is 5.75. The van der Waals surface area contributed by atoms with E-state index in [1.165, 1.54) is 19.3 Å². The number of hydrogen-bond donors (Lipinski definition) is 1. The van der Waals surface area contributed by atoms with Gasteiger partial charge in [0.1, 0.15) is 12.8 Å². The molecule has 2 rings (SSSR count). The summed E-state index contributed by atoms with van der Waals surface area (Å²) in [5.41, 5.74) is 6.93. The summed E-state index contributed by atoms with van der Waals surface area (Å²) in [4.78, 5) is 14.0. The summed E-state index contributed by atoms with van der Waals surface area (Å²) < 4.78 is 5.28. The number of likely N-dealkylation sites (tertiary alicyclic amines) is 1. The van der Waals surface area contributed by atoms with Crippen LogP contribution in [0.5, 0.6) is 0 Å². The number of hydrogen-bond acceptors (Lipinski definition) is 4. The maximum Gasteiger partial charge on any atom is 0.324 e. The molecule has 0 unspecified atom stereocenters. The molecule has 1 aliphatic rings. The summed E-state index contributed by atoms with van der Waals surface area (Å²) in [6.45, 7) is 2.41. The zero-order chi connectivity index (χ0) is 13.5. The lowest BCUT2D eigenvalue weighted by Gasteiger charge is -2.26. The van der Waals surface area contributed by atoms with Gasteiger partial charge in [-0.15, -0.1) is 0 Å². The number of carbonyl (C=O) groups is 1. The first-order valence-electron chi connectivity index (χ1n) is 6.94. The van der Waals surface area contributed by atoms with E-state index < -0.39 is 6.04 Å². The molecule has 19 heavy (non-hydrogen) atoms. The Balaban J connectivity index is 1.73. The van der Waals surface area contributed by atoms with E-state index in [0.717, 1.165) is 18.7 Å². The summed E-state index contributed by atoms with van der Waals surface area (Å²) >= 11 is 0. The Kier molecular flexibility index (Phi) is 5.36. The van der Waals surface area contributed by atoms with Crippen LogP contribution in [0.25, 0.3) is 0 Å². The fraction of sp³-hybridized carbons (Fsp3) is 0.533. The van der Waals surface area contributed by atoms with E-state index in [9.17, 15) is 4.79 Å². The van der Waals surface area contributed by atoms with Crippen molar-refractivity contribution in [1.82, 2.24) is 4.90 Å². The fourth-order valence-corrected chi connectivity index (χ4v) is 2.30. The van der Waals surface area contributed by atoms with E-state index in [0.29, 0.717) is 13.2 Å². The van der Waals surface area contributed by atoms with Gasteiger partial charge in [0.05, 0.1) is 0 Å². The number of esters is 1. The van der Waals surface area contributed by atoms with Gasteiger partial charge in [-0.1, -0.05) is 36.8 Å². The van der Waals surface area contributed by atoms with Crippen LogP contribution in [0.4, 0.5) is 0 Å². The number of ether oxygens (including phenoxy) is 1. The van der Waals surface area contributed by atoms with Crippen molar-refractivity contribution in [2.75, 3.05) is 19.8 Å². The summed E-state index contributed by atoms with van der Waals surface area (Å²) in [7, 11) is 0. The molecule has 0 amide bonds. The molecule has 0 spiro atoms. The molecule has 0 saturated carbocycles. The zero-order valence-electron chi connectivity index (χ0n) is 11.3. The van der Waals surface area contributed by atoms with Crippen LogP contribution < -0.4 is 5.73 Å². The first-order chi connectivity index (χ1) is 9.25. The SMILES string of the molecule is N[C@@H](Cc1ccccc1)C(=O)OCN1CCCCC1. The molecule has 0 aromatic heterocycles. The number of nitrogens with zero attached hydrogens (tertiary/aromatic N) is 1. The summed E-state index contributed by atoms with van der Waals surface area (Å²) in [5, 5.41) is 0. The zero-order valence-corrected chi connectivity index (χ0v) is 11.3. The average molecular weight is 262 g/mol. The third kappa shape index (κ3) is 4.65. The number of rotatable bonds is 5. The molecule has 2 N–H and O–H groups in total. The molecule has 0 aliphatic carbocycles. The standard InChI is InChI=1S/C15H22N2O2/c16-14(11-13-7-3-1-4-8-13)15(18)19-12-17-9-5-2-6-10-17/h1,3-4,7-8,14H,2,5-6,9-12,16H2/t14-/m0/s1. The monoisotopic (exact) mass is 262 g/mol. The van der Waals surface area contributed by atoms with E-state index in [1.54, 1.807) is 0 Å². The van der Waals surface area contributed by atoms with Crippen molar-refractivity contribution in [3.05, 3.63) is 35.9 Å². The van der Waals surface area contributed by atoms with Crippen molar-refractivity contribution >= 4 is 5.97 Å². The smallest absolute Gasteiger partial charge is 0.324 e. The Hall–Kier alpha value is -1.39. The molecular formula is C15H22N2O2. The van der Waals surface area contributed by atoms with Crippen LogP contribution in [0.15, 0.2) is 30.3 Å². The van der Waals surface area contributed by atoms with Crippen molar-refractivity contribution in [3.8, 4) is 0 Å². The molecule has 1 aromatic carbocycles. The van der Waals surface area contributed by atoms with E-state index >= 15 is 0 Å².